The van der Waals surface area contributed by atoms with E-state index in [-0.39, 0.29) is 0 Å². The molecule has 6 heteroatoms. The SMILES string of the molecule is FC(F)(F)c1ccc(-c2nc3cc(CBr)ccc3s2)cc1. The van der Waals surface area contributed by atoms with E-state index in [1.165, 1.54) is 23.5 Å². The summed E-state index contributed by atoms with van der Waals surface area (Å²) in [5.41, 5.74) is 2.04. The molecule has 0 unspecified atom stereocenters. The average Bonchev–Trinajstić information content (AvgIpc) is 2.89. The molecule has 1 heterocycles. The fraction of sp³-hybridized carbons (Fsp3) is 0.133. The van der Waals surface area contributed by atoms with Crippen molar-refractivity contribution in [2.24, 2.45) is 0 Å². The van der Waals surface area contributed by atoms with Crippen molar-refractivity contribution in [2.75, 3.05) is 0 Å². The largest absolute Gasteiger partial charge is 0.416 e. The Labute approximate surface area is 131 Å². The molecule has 1 aromatic heterocycles. The lowest BCUT2D eigenvalue weighted by Gasteiger charge is -2.06. The fourth-order valence-corrected chi connectivity index (χ4v) is 3.28. The Bertz CT molecular complexity index is 778. The van der Waals surface area contributed by atoms with Crippen molar-refractivity contribution in [2.45, 2.75) is 11.5 Å². The molecule has 3 rings (SSSR count). The van der Waals surface area contributed by atoms with Crippen LogP contribution in [0.5, 0.6) is 0 Å². The highest BCUT2D eigenvalue weighted by atomic mass is 79.9. The number of halogens is 4. The van der Waals surface area contributed by atoms with Gasteiger partial charge in [0.2, 0.25) is 0 Å². The lowest BCUT2D eigenvalue weighted by molar-refractivity contribution is -0.137. The maximum atomic E-state index is 12.6. The van der Waals surface area contributed by atoms with Gasteiger partial charge in [0.05, 0.1) is 15.8 Å². The normalized spacial score (nSPS) is 12.0. The van der Waals surface area contributed by atoms with Crippen molar-refractivity contribution in [1.82, 2.24) is 4.98 Å². The van der Waals surface area contributed by atoms with Gasteiger partial charge in [0.1, 0.15) is 5.01 Å². The molecule has 0 saturated carbocycles. The van der Waals surface area contributed by atoms with E-state index in [0.717, 1.165) is 38.3 Å². The summed E-state index contributed by atoms with van der Waals surface area (Å²) < 4.78 is 38.7. The first-order valence-corrected chi connectivity index (χ1v) is 8.04. The number of hydrogen-bond donors (Lipinski definition) is 0. The standard InChI is InChI=1S/C15H9BrF3NS/c16-8-9-1-6-13-12(7-9)20-14(21-13)10-2-4-11(5-3-10)15(17,18)19/h1-7H,8H2. The summed E-state index contributed by atoms with van der Waals surface area (Å²) in [6, 6.07) is 11.1. The Morgan fingerprint density at radius 1 is 1.05 bits per heavy atom. The molecule has 0 amide bonds. The van der Waals surface area contributed by atoms with E-state index in [4.69, 9.17) is 0 Å². The lowest BCUT2D eigenvalue weighted by atomic mass is 10.1. The minimum atomic E-state index is -4.31. The average molecular weight is 372 g/mol. The van der Waals surface area contributed by atoms with E-state index >= 15 is 0 Å². The molecule has 0 saturated heterocycles. The highest BCUT2D eigenvalue weighted by Gasteiger charge is 2.30. The monoisotopic (exact) mass is 371 g/mol. The third-order valence-electron chi connectivity index (χ3n) is 3.07. The third kappa shape index (κ3) is 2.96. The van der Waals surface area contributed by atoms with Gasteiger partial charge in [-0.3, -0.25) is 0 Å². The first-order valence-electron chi connectivity index (χ1n) is 6.10. The number of hydrogen-bond acceptors (Lipinski definition) is 2. The van der Waals surface area contributed by atoms with Gasteiger partial charge in [-0.15, -0.1) is 11.3 Å². The Morgan fingerprint density at radius 2 is 1.76 bits per heavy atom. The van der Waals surface area contributed by atoms with Crippen LogP contribution in [0.25, 0.3) is 20.8 Å². The van der Waals surface area contributed by atoms with Crippen LogP contribution in [-0.2, 0) is 11.5 Å². The van der Waals surface area contributed by atoms with Crippen LogP contribution in [0.3, 0.4) is 0 Å². The van der Waals surface area contributed by atoms with Crippen LogP contribution in [-0.4, -0.2) is 4.98 Å². The van der Waals surface area contributed by atoms with Crippen molar-refractivity contribution < 1.29 is 13.2 Å². The predicted molar refractivity (Wildman–Crippen MR) is 82.7 cm³/mol. The summed E-state index contributed by atoms with van der Waals surface area (Å²) in [5.74, 6) is 0. The minimum Gasteiger partial charge on any atom is -0.236 e. The van der Waals surface area contributed by atoms with E-state index in [0.29, 0.717) is 5.56 Å². The molecule has 2 aromatic carbocycles. The zero-order chi connectivity index (χ0) is 15.0. The molecule has 0 bridgehead atoms. The van der Waals surface area contributed by atoms with Crippen LogP contribution in [0.2, 0.25) is 0 Å². The summed E-state index contributed by atoms with van der Waals surface area (Å²) in [6.07, 6.45) is -4.31. The number of nitrogens with zero attached hydrogens (tertiary/aromatic N) is 1. The van der Waals surface area contributed by atoms with Crippen LogP contribution >= 0.6 is 27.3 Å². The molecule has 108 valence electrons. The predicted octanol–water partition coefficient (Wildman–Crippen LogP) is 5.88. The van der Waals surface area contributed by atoms with Crippen LogP contribution in [0.15, 0.2) is 42.5 Å². The third-order valence-corrected chi connectivity index (χ3v) is 4.80. The van der Waals surface area contributed by atoms with Gasteiger partial charge in [0.15, 0.2) is 0 Å². The molecule has 0 aliphatic heterocycles. The maximum Gasteiger partial charge on any atom is 0.416 e. The lowest BCUT2D eigenvalue weighted by Crippen LogP contribution is -2.03. The maximum absolute atomic E-state index is 12.6. The van der Waals surface area contributed by atoms with Gasteiger partial charge in [-0.1, -0.05) is 34.1 Å². The molecular formula is C15H9BrF3NS. The Balaban J connectivity index is 2.00. The number of benzene rings is 2. The number of aromatic nitrogens is 1. The molecule has 0 radical (unpaired) electrons. The second-order valence-corrected chi connectivity index (χ2v) is 6.12. The van der Waals surface area contributed by atoms with Crippen molar-refractivity contribution in [3.8, 4) is 10.6 Å². The molecule has 0 N–H and O–H groups in total. The number of rotatable bonds is 2. The van der Waals surface area contributed by atoms with E-state index in [1.54, 1.807) is 0 Å². The van der Waals surface area contributed by atoms with Gasteiger partial charge < -0.3 is 0 Å². The molecule has 0 spiro atoms. The van der Waals surface area contributed by atoms with Crippen molar-refractivity contribution in [3.63, 3.8) is 0 Å². The molecule has 0 aliphatic rings. The fourth-order valence-electron chi connectivity index (χ4n) is 1.98. The van der Waals surface area contributed by atoms with E-state index in [1.807, 2.05) is 18.2 Å². The first-order chi connectivity index (χ1) is 9.97. The molecule has 0 atom stereocenters. The van der Waals surface area contributed by atoms with Crippen LogP contribution in [0, 0.1) is 0 Å². The summed E-state index contributed by atoms with van der Waals surface area (Å²) in [7, 11) is 0. The van der Waals surface area contributed by atoms with Gasteiger partial charge in [-0.05, 0) is 29.8 Å². The smallest absolute Gasteiger partial charge is 0.236 e. The van der Waals surface area contributed by atoms with E-state index in [2.05, 4.69) is 20.9 Å². The summed E-state index contributed by atoms with van der Waals surface area (Å²) in [4.78, 5) is 4.50. The van der Waals surface area contributed by atoms with Gasteiger partial charge in [-0.25, -0.2) is 4.98 Å². The van der Waals surface area contributed by atoms with Gasteiger partial charge in [-0.2, -0.15) is 13.2 Å². The van der Waals surface area contributed by atoms with Crippen LogP contribution in [0.4, 0.5) is 13.2 Å². The molecular weight excluding hydrogens is 363 g/mol. The molecule has 3 aromatic rings. The van der Waals surface area contributed by atoms with Crippen LogP contribution in [0.1, 0.15) is 11.1 Å². The van der Waals surface area contributed by atoms with E-state index in [9.17, 15) is 13.2 Å². The van der Waals surface area contributed by atoms with E-state index < -0.39 is 11.7 Å². The quantitative estimate of drug-likeness (QED) is 0.512. The second-order valence-electron chi connectivity index (χ2n) is 4.53. The molecule has 1 nitrogen and oxygen atoms in total. The van der Waals surface area contributed by atoms with Gasteiger partial charge in [0, 0.05) is 10.9 Å². The Kier molecular flexibility index (Phi) is 3.75. The van der Waals surface area contributed by atoms with Gasteiger partial charge in [0.25, 0.3) is 0 Å². The highest BCUT2D eigenvalue weighted by Crippen LogP contribution is 2.34. The number of thiazole rings is 1. The summed E-state index contributed by atoms with van der Waals surface area (Å²) in [5, 5.41) is 1.47. The molecule has 0 fully saturated rings. The minimum absolute atomic E-state index is 0.645. The highest BCUT2D eigenvalue weighted by molar-refractivity contribution is 9.08. The second kappa shape index (κ2) is 5.42. The van der Waals surface area contributed by atoms with Crippen molar-refractivity contribution in [1.29, 1.82) is 0 Å². The number of alkyl halides is 4. The van der Waals surface area contributed by atoms with Crippen molar-refractivity contribution in [3.05, 3.63) is 53.6 Å². The zero-order valence-electron chi connectivity index (χ0n) is 10.6. The van der Waals surface area contributed by atoms with Crippen molar-refractivity contribution >= 4 is 37.5 Å². The zero-order valence-corrected chi connectivity index (χ0v) is 13.0. The summed E-state index contributed by atoms with van der Waals surface area (Å²) in [6.45, 7) is 0. The first kappa shape index (κ1) is 14.5. The topological polar surface area (TPSA) is 12.9 Å². The Hall–Kier alpha value is -1.40. The molecule has 21 heavy (non-hydrogen) atoms. The number of fused-ring (bicyclic) bond motifs is 1. The Morgan fingerprint density at radius 3 is 2.38 bits per heavy atom. The van der Waals surface area contributed by atoms with Crippen LogP contribution < -0.4 is 0 Å². The van der Waals surface area contributed by atoms with Gasteiger partial charge >= 0.3 is 6.18 Å². The molecule has 0 aliphatic carbocycles. The summed E-state index contributed by atoms with van der Waals surface area (Å²) >= 11 is 4.87.